The molecule has 2 N–H and O–H groups in total. The molecule has 0 radical (unpaired) electrons. The topological polar surface area (TPSA) is 93.7 Å². The second kappa shape index (κ2) is 6.19. The quantitative estimate of drug-likeness (QED) is 0.625. The first kappa shape index (κ1) is 14.7. The molecular weight excluding hydrogens is 276 g/mol. The van der Waals surface area contributed by atoms with Crippen molar-refractivity contribution < 1.29 is 23.9 Å². The van der Waals surface area contributed by atoms with Crippen LogP contribution in [0.15, 0.2) is 23.8 Å². The van der Waals surface area contributed by atoms with Crippen LogP contribution >= 0.6 is 0 Å². The van der Waals surface area contributed by atoms with E-state index >= 15 is 0 Å². The van der Waals surface area contributed by atoms with Gasteiger partial charge in [0.2, 0.25) is 0 Å². The van der Waals surface area contributed by atoms with Crippen molar-refractivity contribution in [3.05, 3.63) is 34.9 Å². The molecule has 2 rings (SSSR count). The van der Waals surface area contributed by atoms with Crippen LogP contribution in [-0.2, 0) is 20.9 Å². The molecule has 1 fully saturated rings. The summed E-state index contributed by atoms with van der Waals surface area (Å²) in [4.78, 5) is 34.3. The van der Waals surface area contributed by atoms with Crippen molar-refractivity contribution in [3.8, 4) is 5.75 Å². The van der Waals surface area contributed by atoms with Crippen LogP contribution in [0, 0.1) is 0 Å². The van der Waals surface area contributed by atoms with E-state index in [-0.39, 0.29) is 5.57 Å². The third-order valence-electron chi connectivity index (χ3n) is 2.86. The molecule has 0 aliphatic carbocycles. The maximum absolute atomic E-state index is 11.6. The van der Waals surface area contributed by atoms with Gasteiger partial charge in [-0.1, -0.05) is 6.07 Å². The number of benzene rings is 1. The highest BCUT2D eigenvalue weighted by atomic mass is 16.5. The second-order valence-corrected chi connectivity index (χ2v) is 4.30. The minimum absolute atomic E-state index is 0.136. The van der Waals surface area contributed by atoms with Gasteiger partial charge in [-0.3, -0.25) is 20.2 Å². The molecule has 0 bridgehead atoms. The van der Waals surface area contributed by atoms with Crippen molar-refractivity contribution in [1.82, 2.24) is 10.6 Å². The molecule has 0 aromatic heterocycles. The van der Waals surface area contributed by atoms with E-state index in [9.17, 15) is 14.4 Å². The Morgan fingerprint density at radius 1 is 1.10 bits per heavy atom. The lowest BCUT2D eigenvalue weighted by Crippen LogP contribution is -2.51. The number of hydrogen-bond donors (Lipinski definition) is 2. The first-order valence-corrected chi connectivity index (χ1v) is 6.09. The number of carbonyl (C=O) groups excluding carboxylic acids is 3. The van der Waals surface area contributed by atoms with Crippen molar-refractivity contribution >= 4 is 23.9 Å². The lowest BCUT2D eigenvalue weighted by atomic mass is 10.1. The maximum atomic E-state index is 11.6. The fourth-order valence-electron chi connectivity index (χ4n) is 1.93. The molecule has 1 heterocycles. The highest BCUT2D eigenvalue weighted by molar-refractivity contribution is 6.31. The predicted molar refractivity (Wildman–Crippen MR) is 73.4 cm³/mol. The van der Waals surface area contributed by atoms with Gasteiger partial charge in [0.05, 0.1) is 13.7 Å². The van der Waals surface area contributed by atoms with Crippen LogP contribution in [0.2, 0.25) is 0 Å². The van der Waals surface area contributed by atoms with Gasteiger partial charge < -0.3 is 9.47 Å². The van der Waals surface area contributed by atoms with E-state index in [4.69, 9.17) is 9.47 Å². The van der Waals surface area contributed by atoms with Crippen molar-refractivity contribution in [2.24, 2.45) is 0 Å². The first-order chi connectivity index (χ1) is 10.0. The minimum atomic E-state index is -0.822. The van der Waals surface area contributed by atoms with E-state index < -0.39 is 17.8 Å². The zero-order chi connectivity index (χ0) is 15.4. The Bertz CT molecular complexity index is 614. The third kappa shape index (κ3) is 3.26. The molecule has 1 aromatic carbocycles. The molecule has 1 aromatic rings. The molecule has 0 atom stereocenters. The van der Waals surface area contributed by atoms with Crippen LogP contribution in [0.25, 0.3) is 6.08 Å². The van der Waals surface area contributed by atoms with Gasteiger partial charge in [0.1, 0.15) is 11.3 Å². The number of methoxy groups -OCH3 is 2. The van der Waals surface area contributed by atoms with Gasteiger partial charge in [0.25, 0.3) is 11.8 Å². The molecule has 7 nitrogen and oxygen atoms in total. The van der Waals surface area contributed by atoms with Crippen LogP contribution in [0.4, 0.5) is 4.79 Å². The van der Waals surface area contributed by atoms with Gasteiger partial charge in [-0.15, -0.1) is 0 Å². The number of ether oxygens (including phenoxy) is 2. The summed E-state index contributed by atoms with van der Waals surface area (Å²) in [7, 11) is 3.10. The molecule has 4 amide bonds. The number of nitrogens with one attached hydrogen (secondary N) is 2. The average molecular weight is 290 g/mol. The number of imide groups is 2. The fraction of sp³-hybridized carbons (Fsp3) is 0.214. The number of carbonyl (C=O) groups is 3. The predicted octanol–water partition coefficient (Wildman–Crippen LogP) is 0.591. The van der Waals surface area contributed by atoms with Gasteiger partial charge >= 0.3 is 6.03 Å². The second-order valence-electron chi connectivity index (χ2n) is 4.30. The maximum Gasteiger partial charge on any atom is 0.328 e. The van der Waals surface area contributed by atoms with Crippen molar-refractivity contribution in [3.63, 3.8) is 0 Å². The summed E-state index contributed by atoms with van der Waals surface area (Å²) in [6, 6.07) is 4.33. The minimum Gasteiger partial charge on any atom is -0.496 e. The molecular formula is C14H14N2O5. The molecule has 0 saturated carbocycles. The van der Waals surface area contributed by atoms with Crippen molar-refractivity contribution in [2.45, 2.75) is 6.61 Å². The standard InChI is InChI=1S/C14H14N2O5/c1-20-7-9-5-8(3-4-11(9)21-2)6-10-12(17)15-14(19)16-13(10)18/h3-6H,7H2,1-2H3,(H2,15,16,17,18,19). The smallest absolute Gasteiger partial charge is 0.328 e. The number of barbiturate groups is 1. The average Bonchev–Trinajstić information content (AvgIpc) is 2.43. The van der Waals surface area contributed by atoms with Crippen LogP contribution in [-0.4, -0.2) is 32.1 Å². The lowest BCUT2D eigenvalue weighted by molar-refractivity contribution is -0.123. The molecule has 0 spiro atoms. The number of rotatable bonds is 4. The highest BCUT2D eigenvalue weighted by Gasteiger charge is 2.27. The van der Waals surface area contributed by atoms with E-state index in [1.807, 2.05) is 10.6 Å². The number of hydrogen-bond acceptors (Lipinski definition) is 5. The first-order valence-electron chi connectivity index (χ1n) is 6.09. The summed E-state index contributed by atoms with van der Waals surface area (Å²) in [5.41, 5.74) is 1.27. The molecule has 0 unspecified atom stereocenters. The molecule has 1 aliphatic rings. The summed E-state index contributed by atoms with van der Waals surface area (Å²) in [5.74, 6) is -0.813. The van der Waals surface area contributed by atoms with Gasteiger partial charge in [-0.05, 0) is 23.8 Å². The Hall–Kier alpha value is -2.67. The molecule has 21 heavy (non-hydrogen) atoms. The monoisotopic (exact) mass is 290 g/mol. The van der Waals surface area contributed by atoms with Crippen molar-refractivity contribution in [1.29, 1.82) is 0 Å². The zero-order valence-corrected chi connectivity index (χ0v) is 11.6. The van der Waals surface area contributed by atoms with E-state index in [0.717, 1.165) is 5.56 Å². The Labute approximate surface area is 120 Å². The van der Waals surface area contributed by atoms with Gasteiger partial charge in [-0.25, -0.2) is 4.79 Å². The number of amides is 4. The van der Waals surface area contributed by atoms with E-state index in [1.165, 1.54) is 6.08 Å². The van der Waals surface area contributed by atoms with Crippen LogP contribution < -0.4 is 15.4 Å². The molecule has 7 heteroatoms. The van der Waals surface area contributed by atoms with Crippen LogP contribution in [0.3, 0.4) is 0 Å². The summed E-state index contributed by atoms with van der Waals surface area (Å²) < 4.78 is 10.3. The SMILES string of the molecule is COCc1cc(C=C2C(=O)NC(=O)NC2=O)ccc1OC. The highest BCUT2D eigenvalue weighted by Crippen LogP contribution is 2.22. The summed E-state index contributed by atoms with van der Waals surface area (Å²) in [6.45, 7) is 0.330. The van der Waals surface area contributed by atoms with Gasteiger partial charge in [0, 0.05) is 12.7 Å². The normalized spacial score (nSPS) is 14.6. The molecule has 1 saturated heterocycles. The third-order valence-corrected chi connectivity index (χ3v) is 2.86. The van der Waals surface area contributed by atoms with E-state index in [0.29, 0.717) is 17.9 Å². The van der Waals surface area contributed by atoms with Crippen LogP contribution in [0.5, 0.6) is 5.75 Å². The zero-order valence-electron chi connectivity index (χ0n) is 11.6. The largest absolute Gasteiger partial charge is 0.496 e. The molecule has 1 aliphatic heterocycles. The Kier molecular flexibility index (Phi) is 4.34. The summed E-state index contributed by atoms with van der Waals surface area (Å²) in [6.07, 6.45) is 1.40. The fourth-order valence-corrected chi connectivity index (χ4v) is 1.93. The van der Waals surface area contributed by atoms with Crippen LogP contribution in [0.1, 0.15) is 11.1 Å². The Morgan fingerprint density at radius 2 is 1.76 bits per heavy atom. The Balaban J connectivity index is 2.36. The summed E-state index contributed by atoms with van der Waals surface area (Å²) in [5, 5.41) is 4.03. The van der Waals surface area contributed by atoms with E-state index in [1.54, 1.807) is 32.4 Å². The van der Waals surface area contributed by atoms with Gasteiger partial charge in [0.15, 0.2) is 0 Å². The number of urea groups is 1. The van der Waals surface area contributed by atoms with E-state index in [2.05, 4.69) is 0 Å². The van der Waals surface area contributed by atoms with Crippen molar-refractivity contribution in [2.75, 3.05) is 14.2 Å². The van der Waals surface area contributed by atoms with Gasteiger partial charge in [-0.2, -0.15) is 0 Å². The lowest BCUT2D eigenvalue weighted by Gasteiger charge is -2.14. The molecule has 110 valence electrons. The summed E-state index contributed by atoms with van der Waals surface area (Å²) >= 11 is 0. The Morgan fingerprint density at radius 3 is 2.33 bits per heavy atom.